The highest BCUT2D eigenvalue weighted by Gasteiger charge is 2.00. The second-order valence-electron chi connectivity index (χ2n) is 0.796. The predicted octanol–water partition coefficient (Wildman–Crippen LogP) is -1.62. The summed E-state index contributed by atoms with van der Waals surface area (Å²) >= 11 is 0. The molecular formula is CH7MgO7P. The minimum Gasteiger partial charge on any atom is -0.450 e. The molecule has 0 amide bonds. The van der Waals surface area contributed by atoms with Crippen LogP contribution in [-0.4, -0.2) is 54.1 Å². The second kappa shape index (κ2) is 7.26. The molecule has 0 atom stereocenters. The Morgan fingerprint density at radius 1 is 1.10 bits per heavy atom. The van der Waals surface area contributed by atoms with Crippen LogP contribution in [-0.2, 0) is 4.57 Å². The minimum atomic E-state index is -4.64. The third kappa shape index (κ3) is 19500. The van der Waals surface area contributed by atoms with Gasteiger partial charge in [0.2, 0.25) is 0 Å². The summed E-state index contributed by atoms with van der Waals surface area (Å²) in [6, 6.07) is 0. The molecule has 0 aliphatic rings. The molecule has 0 radical (unpaired) electrons. The molecule has 7 nitrogen and oxygen atoms in total. The topological polar surface area (TPSA) is 135 Å². The first-order valence-corrected chi connectivity index (χ1v) is 3.00. The Morgan fingerprint density at radius 2 is 1.10 bits per heavy atom. The van der Waals surface area contributed by atoms with Crippen LogP contribution in [0.4, 0.5) is 4.79 Å². The molecule has 0 spiro atoms. The number of carbonyl (C=O) groups is 1. The first kappa shape index (κ1) is 16.6. The van der Waals surface area contributed by atoms with Gasteiger partial charge in [0.15, 0.2) is 0 Å². The largest absolute Gasteiger partial charge is 0.503 e. The number of carboxylic acid groups (broad SMARTS) is 2. The van der Waals surface area contributed by atoms with Crippen molar-refractivity contribution in [2.75, 3.05) is 0 Å². The predicted molar refractivity (Wildman–Crippen MR) is 33.5 cm³/mol. The molecule has 5 N–H and O–H groups in total. The van der Waals surface area contributed by atoms with Crippen LogP contribution in [0.5, 0.6) is 0 Å². The minimum absolute atomic E-state index is 0. The smallest absolute Gasteiger partial charge is 0.450 e. The molecule has 0 aromatic rings. The number of rotatable bonds is 0. The van der Waals surface area contributed by atoms with E-state index in [1.807, 2.05) is 0 Å². The van der Waals surface area contributed by atoms with Crippen molar-refractivity contribution in [2.24, 2.45) is 0 Å². The van der Waals surface area contributed by atoms with E-state index in [4.69, 9.17) is 34.3 Å². The maximum atomic E-state index is 8.88. The van der Waals surface area contributed by atoms with Gasteiger partial charge in [0.1, 0.15) is 0 Å². The highest BCUT2D eigenvalue weighted by atomic mass is 31.2. The molecule has 0 heterocycles. The van der Waals surface area contributed by atoms with Crippen LogP contribution in [0.25, 0.3) is 0 Å². The van der Waals surface area contributed by atoms with Gasteiger partial charge in [-0.1, -0.05) is 0 Å². The summed E-state index contributed by atoms with van der Waals surface area (Å²) in [5.74, 6) is 0. The van der Waals surface area contributed by atoms with Crippen LogP contribution in [0.1, 0.15) is 0 Å². The van der Waals surface area contributed by atoms with Crippen LogP contribution >= 0.6 is 7.82 Å². The Bertz CT molecular complexity index is 113. The van der Waals surface area contributed by atoms with Gasteiger partial charge < -0.3 is 24.9 Å². The van der Waals surface area contributed by atoms with Crippen molar-refractivity contribution in [3.8, 4) is 0 Å². The molecule has 0 rings (SSSR count). The third-order valence-corrected chi connectivity index (χ3v) is 0. The molecule has 0 aromatic heterocycles. The highest BCUT2D eigenvalue weighted by molar-refractivity contribution is 7.45. The molecule has 10 heavy (non-hydrogen) atoms. The van der Waals surface area contributed by atoms with Crippen LogP contribution in [0.2, 0.25) is 0 Å². The van der Waals surface area contributed by atoms with Gasteiger partial charge in [-0.05, 0) is 0 Å². The van der Waals surface area contributed by atoms with Gasteiger partial charge in [-0.15, -0.1) is 0 Å². The zero-order valence-electron chi connectivity index (χ0n) is 4.00. The molecular weight excluding hydrogens is 179 g/mol. The van der Waals surface area contributed by atoms with Crippen molar-refractivity contribution in [2.45, 2.75) is 0 Å². The maximum Gasteiger partial charge on any atom is 0.503 e. The summed E-state index contributed by atoms with van der Waals surface area (Å²) in [4.78, 5) is 30.1. The molecule has 60 valence electrons. The van der Waals surface area contributed by atoms with E-state index in [0.29, 0.717) is 0 Å². The molecule has 0 fully saturated rings. The Kier molecular flexibility index (Phi) is 12.1. The first-order valence-electron chi connectivity index (χ1n) is 1.43. The van der Waals surface area contributed by atoms with E-state index < -0.39 is 14.0 Å². The molecule has 0 bridgehead atoms. The van der Waals surface area contributed by atoms with E-state index in [1.165, 1.54) is 0 Å². The summed E-state index contributed by atoms with van der Waals surface area (Å²) in [5.41, 5.74) is 0. The van der Waals surface area contributed by atoms with Gasteiger partial charge >= 0.3 is 37.0 Å². The van der Waals surface area contributed by atoms with E-state index in [9.17, 15) is 0 Å². The lowest BCUT2D eigenvalue weighted by molar-refractivity contribution is 0.137. The molecule has 0 saturated carbocycles. The summed E-state index contributed by atoms with van der Waals surface area (Å²) < 4.78 is 8.88. The van der Waals surface area contributed by atoms with E-state index in [0.717, 1.165) is 0 Å². The Hall–Kier alpha value is 0.146. The fourth-order valence-corrected chi connectivity index (χ4v) is 0. The van der Waals surface area contributed by atoms with E-state index >= 15 is 0 Å². The van der Waals surface area contributed by atoms with Crippen molar-refractivity contribution in [3.63, 3.8) is 0 Å². The van der Waals surface area contributed by atoms with Gasteiger partial charge in [-0.2, -0.15) is 0 Å². The van der Waals surface area contributed by atoms with Gasteiger partial charge in [0.25, 0.3) is 0 Å². The maximum absolute atomic E-state index is 8.88. The molecule has 0 aliphatic carbocycles. The van der Waals surface area contributed by atoms with Crippen molar-refractivity contribution in [3.05, 3.63) is 0 Å². The normalized spacial score (nSPS) is 8.30. The van der Waals surface area contributed by atoms with Gasteiger partial charge in [-0.3, -0.25) is 0 Å². The summed E-state index contributed by atoms with van der Waals surface area (Å²) in [6.45, 7) is 0. The standard InChI is InChI=1S/CH2O3.Mg.H3O4P.2H/c2-1(3)4;;1-5(2,3)4;;/h(H2,2,3,4);;(H3,1,2,3,4);;. The SMILES string of the molecule is O=C(O)O.O=P(O)(O)O.[MgH2]. The zero-order valence-corrected chi connectivity index (χ0v) is 4.89. The Labute approximate surface area is 71.7 Å². The zero-order chi connectivity index (χ0) is 8.08. The lowest BCUT2D eigenvalue weighted by atomic mass is 11.5. The van der Waals surface area contributed by atoms with E-state index in [1.54, 1.807) is 0 Å². The third-order valence-electron chi connectivity index (χ3n) is 0. The Morgan fingerprint density at radius 3 is 1.10 bits per heavy atom. The highest BCUT2D eigenvalue weighted by Crippen LogP contribution is 2.25. The van der Waals surface area contributed by atoms with Crippen LogP contribution in [0, 0.1) is 0 Å². The average Bonchev–Trinajstić information content (AvgIpc) is 1.19. The summed E-state index contributed by atoms with van der Waals surface area (Å²) in [6.07, 6.45) is -1.83. The second-order valence-corrected chi connectivity index (χ2v) is 1.82. The molecule has 0 unspecified atom stereocenters. The quantitative estimate of drug-likeness (QED) is 0.226. The monoisotopic (exact) mass is 186 g/mol. The van der Waals surface area contributed by atoms with E-state index in [2.05, 4.69) is 0 Å². The molecule has 0 aliphatic heterocycles. The number of hydrogen-bond donors (Lipinski definition) is 5. The van der Waals surface area contributed by atoms with E-state index in [-0.39, 0.29) is 23.1 Å². The molecule has 0 saturated heterocycles. The van der Waals surface area contributed by atoms with Crippen molar-refractivity contribution in [1.29, 1.82) is 0 Å². The lowest BCUT2D eigenvalue weighted by Crippen LogP contribution is -1.81. The van der Waals surface area contributed by atoms with Crippen LogP contribution < -0.4 is 0 Å². The van der Waals surface area contributed by atoms with Crippen LogP contribution in [0.3, 0.4) is 0 Å². The average molecular weight is 186 g/mol. The number of hydrogen-bond acceptors (Lipinski definition) is 2. The number of phosphoric acid groups is 1. The molecule has 0 aromatic carbocycles. The van der Waals surface area contributed by atoms with Gasteiger partial charge in [0.05, 0.1) is 0 Å². The van der Waals surface area contributed by atoms with Crippen molar-refractivity contribution in [1.82, 2.24) is 0 Å². The summed E-state index contributed by atoms with van der Waals surface area (Å²) in [5, 5.41) is 13.9. The fraction of sp³-hybridized carbons (Fsp3) is 0. The molecule has 9 heteroatoms. The van der Waals surface area contributed by atoms with Crippen molar-refractivity contribution < 1.29 is 34.3 Å². The van der Waals surface area contributed by atoms with Crippen molar-refractivity contribution >= 4 is 37.0 Å². The van der Waals surface area contributed by atoms with Crippen LogP contribution in [0.15, 0.2) is 0 Å². The lowest BCUT2D eigenvalue weighted by Gasteiger charge is -1.82. The summed E-state index contributed by atoms with van der Waals surface area (Å²) in [7, 11) is -4.64. The van der Waals surface area contributed by atoms with Gasteiger partial charge in [0, 0.05) is 0 Å². The first-order chi connectivity index (χ1) is 3.73. The fourth-order valence-electron chi connectivity index (χ4n) is 0. The Balaban J connectivity index is -0.0000000910. The van der Waals surface area contributed by atoms with Gasteiger partial charge in [-0.25, -0.2) is 9.36 Å².